The molecule has 190 valence electrons. The fourth-order valence-electron chi connectivity index (χ4n) is 3.54. The summed E-state index contributed by atoms with van der Waals surface area (Å²) in [5.74, 6) is 0.0554. The maximum atomic E-state index is 12.8. The predicted molar refractivity (Wildman–Crippen MR) is 149 cm³/mol. The molecule has 0 bridgehead atoms. The lowest BCUT2D eigenvalue weighted by molar-refractivity contribution is -0.122. The number of halogens is 2. The zero-order valence-electron chi connectivity index (χ0n) is 19.7. The second kappa shape index (κ2) is 12.3. The molecule has 0 unspecified atom stereocenters. The number of anilines is 1. The Labute approximate surface area is 231 Å². The Morgan fingerprint density at radius 1 is 1.08 bits per heavy atom. The molecule has 7 nitrogen and oxygen atoms in total. The van der Waals surface area contributed by atoms with Crippen molar-refractivity contribution in [3.8, 4) is 11.5 Å². The average Bonchev–Trinajstić information content (AvgIpc) is 3.16. The Hall–Kier alpha value is -3.27. The number of thioether (sulfide) groups is 1. The Balaban J connectivity index is 1.38. The van der Waals surface area contributed by atoms with E-state index in [1.165, 1.54) is 12.0 Å². The molecular weight excluding hydrogens is 580 g/mol. The van der Waals surface area contributed by atoms with E-state index in [1.807, 2.05) is 30.3 Å². The number of carbonyl (C=O) groups is 3. The predicted octanol–water partition coefficient (Wildman–Crippen LogP) is 6.41. The second-order valence-electron chi connectivity index (χ2n) is 7.94. The van der Waals surface area contributed by atoms with Gasteiger partial charge in [0.05, 0.1) is 17.0 Å². The van der Waals surface area contributed by atoms with Crippen molar-refractivity contribution in [3.63, 3.8) is 0 Å². The van der Waals surface area contributed by atoms with Crippen LogP contribution in [0.2, 0.25) is 5.02 Å². The van der Waals surface area contributed by atoms with E-state index >= 15 is 0 Å². The third kappa shape index (κ3) is 6.94. The van der Waals surface area contributed by atoms with Crippen molar-refractivity contribution in [1.29, 1.82) is 0 Å². The van der Waals surface area contributed by atoms with Crippen LogP contribution in [-0.4, -0.2) is 42.2 Å². The Kier molecular flexibility index (Phi) is 8.91. The minimum atomic E-state index is -0.367. The lowest BCUT2D eigenvalue weighted by Gasteiger charge is -2.12. The number of amides is 3. The highest BCUT2D eigenvalue weighted by Gasteiger charge is 2.34. The number of carbonyl (C=O) groups excluding carboxylic acids is 3. The largest absolute Gasteiger partial charge is 0.493 e. The molecule has 3 aromatic carbocycles. The summed E-state index contributed by atoms with van der Waals surface area (Å²) in [6.45, 7) is 0.0698. The van der Waals surface area contributed by atoms with Crippen LogP contribution < -0.4 is 14.8 Å². The van der Waals surface area contributed by atoms with Gasteiger partial charge in [-0.2, -0.15) is 0 Å². The van der Waals surface area contributed by atoms with Crippen LogP contribution in [0.25, 0.3) is 6.08 Å². The fraction of sp³-hybridized carbons (Fsp3) is 0.148. The van der Waals surface area contributed by atoms with Gasteiger partial charge < -0.3 is 14.8 Å². The van der Waals surface area contributed by atoms with Crippen LogP contribution in [-0.2, 0) is 16.0 Å². The van der Waals surface area contributed by atoms with Gasteiger partial charge in [0, 0.05) is 16.7 Å². The molecule has 0 atom stereocenters. The van der Waals surface area contributed by atoms with Crippen LogP contribution in [0.1, 0.15) is 11.1 Å². The van der Waals surface area contributed by atoms with Gasteiger partial charge in [0.1, 0.15) is 0 Å². The van der Waals surface area contributed by atoms with Gasteiger partial charge in [0.2, 0.25) is 0 Å². The summed E-state index contributed by atoms with van der Waals surface area (Å²) in [4.78, 5) is 39.2. The molecule has 0 saturated carbocycles. The summed E-state index contributed by atoms with van der Waals surface area (Å²) in [7, 11) is 1.48. The van der Waals surface area contributed by atoms with E-state index in [1.54, 1.807) is 42.5 Å². The smallest absolute Gasteiger partial charge is 0.293 e. The zero-order valence-corrected chi connectivity index (χ0v) is 22.9. The molecule has 1 aliphatic rings. The maximum Gasteiger partial charge on any atom is 0.293 e. The molecule has 0 aliphatic carbocycles. The summed E-state index contributed by atoms with van der Waals surface area (Å²) in [6, 6.07) is 19.8. The van der Waals surface area contributed by atoms with Gasteiger partial charge in [0.15, 0.2) is 18.1 Å². The standard InChI is InChI=1S/C27H22BrClN2O5S/c1-35-23-13-18(7-10-22(23)36-16-25(32)30-19-8-9-20(28)21(29)15-19)14-24-26(33)31(27(34)37-24)12-11-17-5-3-2-4-6-17/h2-10,13-15H,11-12,16H2,1H3,(H,30,32)/b24-14+. The molecule has 0 aromatic heterocycles. The monoisotopic (exact) mass is 600 g/mol. The summed E-state index contributed by atoms with van der Waals surface area (Å²) in [5, 5.41) is 2.90. The third-order valence-corrected chi connectivity index (χ3v) is 7.53. The fourth-order valence-corrected chi connectivity index (χ4v) is 4.83. The first kappa shape index (κ1) is 26.8. The number of hydrogen-bond donors (Lipinski definition) is 1. The van der Waals surface area contributed by atoms with Crippen LogP contribution in [0.15, 0.2) is 76.1 Å². The summed E-state index contributed by atoms with van der Waals surface area (Å²) in [6.07, 6.45) is 2.23. The van der Waals surface area contributed by atoms with Gasteiger partial charge in [0.25, 0.3) is 17.1 Å². The van der Waals surface area contributed by atoms with E-state index in [2.05, 4.69) is 21.2 Å². The molecule has 4 rings (SSSR count). The van der Waals surface area contributed by atoms with Gasteiger partial charge in [-0.25, -0.2) is 0 Å². The number of nitrogens with zero attached hydrogens (tertiary/aromatic N) is 1. The van der Waals surface area contributed by atoms with Crippen molar-refractivity contribution in [2.45, 2.75) is 6.42 Å². The van der Waals surface area contributed by atoms with Crippen molar-refractivity contribution >= 4 is 68.1 Å². The first-order chi connectivity index (χ1) is 17.8. The molecule has 1 aliphatic heterocycles. The minimum Gasteiger partial charge on any atom is -0.493 e. The maximum absolute atomic E-state index is 12.8. The Morgan fingerprint density at radius 3 is 2.59 bits per heavy atom. The van der Waals surface area contributed by atoms with Crippen molar-refractivity contribution < 1.29 is 23.9 Å². The normalized spacial score (nSPS) is 14.2. The molecule has 1 N–H and O–H groups in total. The average molecular weight is 602 g/mol. The van der Waals surface area contributed by atoms with Gasteiger partial charge in [-0.3, -0.25) is 19.3 Å². The van der Waals surface area contributed by atoms with Gasteiger partial charge >= 0.3 is 0 Å². The van der Waals surface area contributed by atoms with E-state index in [0.717, 1.165) is 21.8 Å². The number of rotatable bonds is 9. The highest BCUT2D eigenvalue weighted by atomic mass is 79.9. The molecule has 1 saturated heterocycles. The van der Waals surface area contributed by atoms with E-state index in [0.29, 0.717) is 45.6 Å². The molecule has 1 heterocycles. The molecule has 37 heavy (non-hydrogen) atoms. The summed E-state index contributed by atoms with van der Waals surface area (Å²) < 4.78 is 11.8. The van der Waals surface area contributed by atoms with Crippen LogP contribution in [0.4, 0.5) is 10.5 Å². The Morgan fingerprint density at radius 2 is 1.86 bits per heavy atom. The number of hydrogen-bond acceptors (Lipinski definition) is 6. The molecule has 0 radical (unpaired) electrons. The van der Waals surface area contributed by atoms with Gasteiger partial charge in [-0.15, -0.1) is 0 Å². The van der Waals surface area contributed by atoms with Crippen LogP contribution >= 0.6 is 39.3 Å². The Bertz CT molecular complexity index is 1370. The van der Waals surface area contributed by atoms with Gasteiger partial charge in [-0.1, -0.05) is 48.0 Å². The minimum absolute atomic E-state index is 0.246. The zero-order chi connectivity index (χ0) is 26.4. The van der Waals surface area contributed by atoms with Crippen LogP contribution in [0.3, 0.4) is 0 Å². The van der Waals surface area contributed by atoms with E-state index in [4.69, 9.17) is 21.1 Å². The van der Waals surface area contributed by atoms with Crippen molar-refractivity contribution in [1.82, 2.24) is 4.90 Å². The second-order valence-corrected chi connectivity index (χ2v) is 10.2. The van der Waals surface area contributed by atoms with Crippen molar-refractivity contribution in [2.24, 2.45) is 0 Å². The topological polar surface area (TPSA) is 84.9 Å². The van der Waals surface area contributed by atoms with E-state index in [-0.39, 0.29) is 23.7 Å². The number of methoxy groups -OCH3 is 1. The van der Waals surface area contributed by atoms with E-state index < -0.39 is 0 Å². The lowest BCUT2D eigenvalue weighted by atomic mass is 10.1. The summed E-state index contributed by atoms with van der Waals surface area (Å²) in [5.41, 5.74) is 2.26. The molecule has 3 amide bonds. The van der Waals surface area contributed by atoms with Crippen LogP contribution in [0.5, 0.6) is 11.5 Å². The first-order valence-corrected chi connectivity index (χ1v) is 13.2. The highest BCUT2D eigenvalue weighted by Crippen LogP contribution is 2.34. The number of benzene rings is 3. The highest BCUT2D eigenvalue weighted by molar-refractivity contribution is 9.10. The number of imide groups is 1. The van der Waals surface area contributed by atoms with E-state index in [9.17, 15) is 14.4 Å². The van der Waals surface area contributed by atoms with Crippen molar-refractivity contribution in [3.05, 3.63) is 92.3 Å². The molecule has 3 aromatic rings. The number of ether oxygens (including phenoxy) is 2. The SMILES string of the molecule is COc1cc(/C=C2/SC(=O)N(CCc3ccccc3)C2=O)ccc1OCC(=O)Nc1ccc(Br)c(Cl)c1. The molecular formula is C27H22BrClN2O5S. The quantitative estimate of drug-likeness (QED) is 0.286. The first-order valence-electron chi connectivity index (χ1n) is 11.2. The number of nitrogens with one attached hydrogen (secondary N) is 1. The molecule has 0 spiro atoms. The molecule has 1 fully saturated rings. The molecule has 10 heteroatoms. The van der Waals surface area contributed by atoms with Crippen molar-refractivity contribution in [2.75, 3.05) is 25.6 Å². The third-order valence-electron chi connectivity index (χ3n) is 5.39. The van der Waals surface area contributed by atoms with Gasteiger partial charge in [-0.05, 0) is 81.6 Å². The summed E-state index contributed by atoms with van der Waals surface area (Å²) >= 11 is 10.3. The lowest BCUT2D eigenvalue weighted by Crippen LogP contribution is -2.30. The van der Waals surface area contributed by atoms with Crippen LogP contribution in [0, 0.1) is 0 Å².